The number of hydrogen-bond donors (Lipinski definition) is 1. The van der Waals surface area contributed by atoms with Crippen molar-refractivity contribution in [1.29, 1.82) is 0 Å². The van der Waals surface area contributed by atoms with Crippen LogP contribution in [0.2, 0.25) is 0 Å². The smallest absolute Gasteiger partial charge is 0.456 e. The molecule has 0 saturated carbocycles. The lowest BCUT2D eigenvalue weighted by Gasteiger charge is -2.25. The van der Waals surface area contributed by atoms with Crippen LogP contribution in [0.4, 0.5) is 15.3 Å². The van der Waals surface area contributed by atoms with Gasteiger partial charge in [0.05, 0.1) is 38.5 Å². The summed E-state index contributed by atoms with van der Waals surface area (Å²) >= 11 is 0. The van der Waals surface area contributed by atoms with Crippen LogP contribution < -0.4 is 15.0 Å². The van der Waals surface area contributed by atoms with E-state index < -0.39 is 23.8 Å². The van der Waals surface area contributed by atoms with Crippen LogP contribution in [-0.4, -0.2) is 75.9 Å². The van der Waals surface area contributed by atoms with Gasteiger partial charge in [-0.2, -0.15) is 0 Å². The normalized spacial score (nSPS) is 11.0. The van der Waals surface area contributed by atoms with Crippen molar-refractivity contribution in [1.82, 2.24) is 5.32 Å². The van der Waals surface area contributed by atoms with Crippen LogP contribution in [0.3, 0.4) is 0 Å². The predicted molar refractivity (Wildman–Crippen MR) is 183 cm³/mol. The number of esters is 1. The summed E-state index contributed by atoms with van der Waals surface area (Å²) in [5, 5.41) is 2.61. The van der Waals surface area contributed by atoms with E-state index in [1.807, 2.05) is 62.4 Å². The number of hydrogen-bond acceptors (Lipinski definition) is 10. The van der Waals surface area contributed by atoms with E-state index in [-0.39, 0.29) is 64.3 Å². The first kappa shape index (κ1) is 38.5. The van der Waals surface area contributed by atoms with Gasteiger partial charge < -0.3 is 38.6 Å². The lowest BCUT2D eigenvalue weighted by molar-refractivity contribution is -0.118. The maximum Gasteiger partial charge on any atom is 0.513 e. The first-order valence-corrected chi connectivity index (χ1v) is 16.1. The number of benzene rings is 3. The van der Waals surface area contributed by atoms with Gasteiger partial charge in [-0.1, -0.05) is 42.5 Å². The second kappa shape index (κ2) is 19.8. The van der Waals surface area contributed by atoms with Gasteiger partial charge in [-0.25, -0.2) is 14.4 Å². The zero-order valence-electron chi connectivity index (χ0n) is 28.8. The van der Waals surface area contributed by atoms with Gasteiger partial charge in [-0.05, 0) is 81.6 Å². The molecule has 0 bridgehead atoms. The fraction of sp³-hybridized carbons (Fsp3) is 0.405. The number of amides is 2. The van der Waals surface area contributed by atoms with Crippen molar-refractivity contribution in [3.63, 3.8) is 0 Å². The first-order valence-electron chi connectivity index (χ1n) is 16.1. The van der Waals surface area contributed by atoms with Gasteiger partial charge in [-0.3, -0.25) is 4.79 Å². The molecule has 49 heavy (non-hydrogen) atoms. The number of rotatable bonds is 17. The Labute approximate surface area is 287 Å². The second-order valence-electron chi connectivity index (χ2n) is 12.0. The van der Waals surface area contributed by atoms with Gasteiger partial charge in [0.2, 0.25) is 5.91 Å². The number of aryl methyl sites for hydroxylation is 2. The van der Waals surface area contributed by atoms with Crippen molar-refractivity contribution in [3.8, 4) is 5.75 Å². The zero-order chi connectivity index (χ0) is 35.6. The Morgan fingerprint density at radius 3 is 1.94 bits per heavy atom. The second-order valence-corrected chi connectivity index (χ2v) is 12.0. The Morgan fingerprint density at radius 1 is 0.714 bits per heavy atom. The van der Waals surface area contributed by atoms with Crippen LogP contribution in [0.1, 0.15) is 54.2 Å². The fourth-order valence-electron chi connectivity index (χ4n) is 4.41. The Kier molecular flexibility index (Phi) is 15.5. The fourth-order valence-corrected chi connectivity index (χ4v) is 4.41. The Balaban J connectivity index is 1.22. The lowest BCUT2D eigenvalue weighted by atomic mass is 10.1. The maximum atomic E-state index is 13.2. The third kappa shape index (κ3) is 14.4. The van der Waals surface area contributed by atoms with Crippen molar-refractivity contribution in [2.75, 3.05) is 51.1 Å². The van der Waals surface area contributed by atoms with Crippen molar-refractivity contribution >= 4 is 29.8 Å². The molecule has 0 saturated heterocycles. The van der Waals surface area contributed by atoms with Crippen molar-refractivity contribution in [2.24, 2.45) is 0 Å². The molecule has 0 heterocycles. The summed E-state index contributed by atoms with van der Waals surface area (Å²) in [6.07, 6.45) is -1.44. The van der Waals surface area contributed by atoms with Crippen LogP contribution in [0.25, 0.3) is 0 Å². The molecule has 0 aliphatic heterocycles. The van der Waals surface area contributed by atoms with Crippen molar-refractivity contribution in [3.05, 3.63) is 95.1 Å². The third-order valence-electron chi connectivity index (χ3n) is 6.88. The molecule has 1 N–H and O–H groups in total. The molecule has 12 nitrogen and oxygen atoms in total. The molecule has 3 rings (SSSR count). The molecule has 3 aromatic carbocycles. The number of carbonyl (C=O) groups excluding carboxylic acids is 4. The number of carbonyl (C=O) groups is 4. The van der Waals surface area contributed by atoms with Crippen molar-refractivity contribution < 1.29 is 47.6 Å². The van der Waals surface area contributed by atoms with Crippen LogP contribution in [0.15, 0.2) is 72.8 Å². The number of para-hydroxylation sites is 1. The minimum Gasteiger partial charge on any atom is -0.456 e. The average Bonchev–Trinajstić information content (AvgIpc) is 3.05. The van der Waals surface area contributed by atoms with Gasteiger partial charge in [0.15, 0.2) is 0 Å². The van der Waals surface area contributed by atoms with Gasteiger partial charge >= 0.3 is 18.2 Å². The Bertz CT molecular complexity index is 1520. The number of alkyl carbamates (subject to hydrolysis) is 1. The molecular formula is C37H46N2O10. The number of ether oxygens (including phenoxy) is 6. The highest BCUT2D eigenvalue weighted by molar-refractivity contribution is 5.94. The highest BCUT2D eigenvalue weighted by Crippen LogP contribution is 2.24. The maximum absolute atomic E-state index is 13.2. The predicted octanol–water partition coefficient (Wildman–Crippen LogP) is 6.16. The van der Waals surface area contributed by atoms with Crippen LogP contribution in [-0.2, 0) is 35.0 Å². The quantitative estimate of drug-likeness (QED) is 0.0765. The number of nitrogens with one attached hydrogen (secondary N) is 1. The topological polar surface area (TPSA) is 139 Å². The molecule has 0 aliphatic carbocycles. The van der Waals surface area contributed by atoms with E-state index in [1.165, 1.54) is 24.3 Å². The minimum absolute atomic E-state index is 0.0239. The molecular weight excluding hydrogens is 632 g/mol. The lowest BCUT2D eigenvalue weighted by Crippen LogP contribution is -2.35. The SMILES string of the molecule is Cc1ccccc1CN(C(=O)CCNC(=O)OCCOCCOCCOC(=O)Oc1ccc(C(=O)OC(C)(C)C)cc1)c1ccccc1C. The van der Waals surface area contributed by atoms with Crippen LogP contribution >= 0.6 is 0 Å². The van der Waals surface area contributed by atoms with E-state index in [1.54, 1.807) is 25.7 Å². The van der Waals surface area contributed by atoms with Crippen LogP contribution in [0, 0.1) is 13.8 Å². The van der Waals surface area contributed by atoms with E-state index in [0.717, 1.165) is 22.4 Å². The minimum atomic E-state index is -0.907. The number of anilines is 1. The summed E-state index contributed by atoms with van der Waals surface area (Å²) in [4.78, 5) is 51.1. The Hall–Kier alpha value is -4.94. The molecule has 2 amide bonds. The summed E-state index contributed by atoms with van der Waals surface area (Å²) < 4.78 is 31.2. The molecule has 0 atom stereocenters. The molecule has 0 unspecified atom stereocenters. The molecule has 264 valence electrons. The highest BCUT2D eigenvalue weighted by Gasteiger charge is 2.20. The summed E-state index contributed by atoms with van der Waals surface area (Å²) in [5.41, 5.74) is 3.68. The molecule has 0 spiro atoms. The molecule has 12 heteroatoms. The van der Waals surface area contributed by atoms with E-state index in [0.29, 0.717) is 12.1 Å². The van der Waals surface area contributed by atoms with E-state index in [9.17, 15) is 19.2 Å². The van der Waals surface area contributed by atoms with E-state index in [2.05, 4.69) is 5.32 Å². The summed E-state index contributed by atoms with van der Waals surface area (Å²) in [6.45, 7) is 10.6. The van der Waals surface area contributed by atoms with E-state index in [4.69, 9.17) is 28.4 Å². The average molecular weight is 679 g/mol. The van der Waals surface area contributed by atoms with Crippen molar-refractivity contribution in [2.45, 2.75) is 53.2 Å². The molecule has 0 radical (unpaired) electrons. The standard InChI is InChI=1S/C37H46N2O10/c1-27-10-6-8-12-30(27)26-39(32-13-9-7-11-28(32)2)33(40)18-19-38-35(42)46-24-22-44-20-21-45-23-25-47-36(43)48-31-16-14-29(15-17-31)34(41)49-37(3,4)5/h6-17H,18-26H2,1-5H3,(H,38,42). The third-order valence-corrected chi connectivity index (χ3v) is 6.88. The zero-order valence-corrected chi connectivity index (χ0v) is 28.8. The number of nitrogens with zero attached hydrogens (tertiary/aromatic N) is 1. The molecule has 0 aromatic heterocycles. The summed E-state index contributed by atoms with van der Waals surface area (Å²) in [6, 6.07) is 21.6. The Morgan fingerprint density at radius 2 is 1.31 bits per heavy atom. The first-order chi connectivity index (χ1) is 23.4. The summed E-state index contributed by atoms with van der Waals surface area (Å²) in [7, 11) is 0. The van der Waals surface area contributed by atoms with Crippen LogP contribution in [0.5, 0.6) is 5.75 Å². The molecule has 3 aromatic rings. The van der Waals surface area contributed by atoms with Gasteiger partial charge in [0, 0.05) is 18.7 Å². The van der Waals surface area contributed by atoms with Gasteiger partial charge in [0.25, 0.3) is 0 Å². The highest BCUT2D eigenvalue weighted by atomic mass is 16.7. The van der Waals surface area contributed by atoms with E-state index >= 15 is 0 Å². The molecule has 0 fully saturated rings. The summed E-state index contributed by atoms with van der Waals surface area (Å²) in [5.74, 6) is -0.373. The van der Waals surface area contributed by atoms with Gasteiger partial charge in [-0.15, -0.1) is 0 Å². The monoisotopic (exact) mass is 678 g/mol. The van der Waals surface area contributed by atoms with Gasteiger partial charge in [0.1, 0.15) is 24.6 Å². The molecule has 0 aliphatic rings. The largest absolute Gasteiger partial charge is 0.513 e.